The van der Waals surface area contributed by atoms with Gasteiger partial charge in [0.15, 0.2) is 0 Å². The summed E-state index contributed by atoms with van der Waals surface area (Å²) in [4.78, 5) is 14.9. The highest BCUT2D eigenvalue weighted by Gasteiger charge is 2.07. The van der Waals surface area contributed by atoms with Crippen LogP contribution >= 0.6 is 0 Å². The summed E-state index contributed by atoms with van der Waals surface area (Å²) in [5.74, 6) is 0.704. The summed E-state index contributed by atoms with van der Waals surface area (Å²) in [5, 5.41) is 3.52. The molecule has 1 heterocycles. The molecular weight excluding hydrogens is 204 g/mol. The first-order valence-corrected chi connectivity index (χ1v) is 4.91. The second kappa shape index (κ2) is 4.18. The molecule has 0 saturated heterocycles. The Morgan fingerprint density at radius 1 is 1.31 bits per heavy atom. The number of benzene rings is 1. The van der Waals surface area contributed by atoms with Crippen molar-refractivity contribution in [1.29, 1.82) is 0 Å². The molecule has 0 saturated carbocycles. The van der Waals surface area contributed by atoms with E-state index in [-0.39, 0.29) is 0 Å². The van der Waals surface area contributed by atoms with Gasteiger partial charge in [0.25, 0.3) is 0 Å². The number of methoxy groups -OCH3 is 1. The van der Waals surface area contributed by atoms with E-state index in [2.05, 4.69) is 10.3 Å². The van der Waals surface area contributed by atoms with E-state index in [9.17, 15) is 4.79 Å². The summed E-state index contributed by atoms with van der Waals surface area (Å²) >= 11 is 0. The highest BCUT2D eigenvalue weighted by Crippen LogP contribution is 2.29. The van der Waals surface area contributed by atoms with Crippen molar-refractivity contribution in [2.75, 3.05) is 12.4 Å². The van der Waals surface area contributed by atoms with Crippen LogP contribution in [-0.4, -0.2) is 18.5 Å². The summed E-state index contributed by atoms with van der Waals surface area (Å²) in [7, 11) is 1.60. The molecular formula is C12H12N2O2. The van der Waals surface area contributed by atoms with Gasteiger partial charge in [0.05, 0.1) is 12.8 Å². The molecule has 82 valence electrons. The Kier molecular flexibility index (Phi) is 2.72. The van der Waals surface area contributed by atoms with E-state index in [0.29, 0.717) is 12.2 Å². The van der Waals surface area contributed by atoms with Crippen molar-refractivity contribution in [2.24, 2.45) is 0 Å². The molecule has 1 aromatic carbocycles. The SMILES string of the molecule is COc1ccc(NC=O)c2ccc(C)nc12. The molecule has 0 aliphatic rings. The van der Waals surface area contributed by atoms with Crippen molar-refractivity contribution < 1.29 is 9.53 Å². The Bertz CT molecular complexity index is 538. The molecule has 2 rings (SSSR count). The minimum absolute atomic E-state index is 0.654. The number of aromatic nitrogens is 1. The number of amides is 1. The predicted octanol–water partition coefficient (Wildman–Crippen LogP) is 2.12. The maximum Gasteiger partial charge on any atom is 0.211 e. The lowest BCUT2D eigenvalue weighted by Crippen LogP contribution is -1.97. The fourth-order valence-electron chi connectivity index (χ4n) is 1.64. The van der Waals surface area contributed by atoms with Crippen LogP contribution in [0, 0.1) is 6.92 Å². The number of carbonyl (C=O) groups is 1. The molecule has 4 nitrogen and oxygen atoms in total. The average Bonchev–Trinajstić information content (AvgIpc) is 2.29. The van der Waals surface area contributed by atoms with Crippen LogP contribution in [0.4, 0.5) is 5.69 Å². The van der Waals surface area contributed by atoms with Gasteiger partial charge in [-0.3, -0.25) is 4.79 Å². The van der Waals surface area contributed by atoms with E-state index in [4.69, 9.17) is 4.74 Å². The van der Waals surface area contributed by atoms with E-state index in [1.165, 1.54) is 0 Å². The lowest BCUT2D eigenvalue weighted by atomic mass is 10.1. The summed E-state index contributed by atoms with van der Waals surface area (Å²) in [5.41, 5.74) is 2.40. The first-order valence-electron chi connectivity index (χ1n) is 4.91. The van der Waals surface area contributed by atoms with Gasteiger partial charge >= 0.3 is 0 Å². The van der Waals surface area contributed by atoms with Crippen molar-refractivity contribution in [3.63, 3.8) is 0 Å². The van der Waals surface area contributed by atoms with Crippen LogP contribution < -0.4 is 10.1 Å². The van der Waals surface area contributed by atoms with Gasteiger partial charge < -0.3 is 10.1 Å². The van der Waals surface area contributed by atoms with Gasteiger partial charge in [-0.05, 0) is 31.2 Å². The topological polar surface area (TPSA) is 51.2 Å². The number of nitrogens with one attached hydrogen (secondary N) is 1. The Morgan fingerprint density at radius 3 is 2.81 bits per heavy atom. The average molecular weight is 216 g/mol. The molecule has 0 aliphatic heterocycles. The van der Waals surface area contributed by atoms with Crippen LogP contribution in [0.2, 0.25) is 0 Å². The molecule has 0 fully saturated rings. The van der Waals surface area contributed by atoms with Crippen LogP contribution in [0.1, 0.15) is 5.69 Å². The summed E-state index contributed by atoms with van der Waals surface area (Å²) in [6.07, 6.45) is 0.654. The number of aryl methyl sites for hydroxylation is 1. The van der Waals surface area contributed by atoms with Crippen LogP contribution in [0.25, 0.3) is 10.9 Å². The molecule has 1 N–H and O–H groups in total. The number of anilines is 1. The number of fused-ring (bicyclic) bond motifs is 1. The van der Waals surface area contributed by atoms with E-state index in [1.54, 1.807) is 19.2 Å². The van der Waals surface area contributed by atoms with E-state index >= 15 is 0 Å². The van der Waals surface area contributed by atoms with Gasteiger partial charge in [-0.25, -0.2) is 4.98 Å². The Morgan fingerprint density at radius 2 is 2.12 bits per heavy atom. The number of rotatable bonds is 3. The minimum atomic E-state index is 0.654. The van der Waals surface area contributed by atoms with Gasteiger partial charge in [0, 0.05) is 11.1 Å². The molecule has 0 unspecified atom stereocenters. The zero-order valence-electron chi connectivity index (χ0n) is 9.15. The third-order valence-corrected chi connectivity index (χ3v) is 2.39. The van der Waals surface area contributed by atoms with Crippen molar-refractivity contribution in [2.45, 2.75) is 6.92 Å². The van der Waals surface area contributed by atoms with Gasteiger partial charge in [0.2, 0.25) is 6.41 Å². The molecule has 2 aromatic rings. The summed E-state index contributed by atoms with van der Waals surface area (Å²) < 4.78 is 5.24. The predicted molar refractivity (Wildman–Crippen MR) is 62.7 cm³/mol. The minimum Gasteiger partial charge on any atom is -0.494 e. The van der Waals surface area contributed by atoms with Gasteiger partial charge in [-0.2, -0.15) is 0 Å². The standard InChI is InChI=1S/C12H12N2O2/c1-8-3-4-9-10(13-7-15)5-6-11(16-2)12(9)14-8/h3-7H,1-2H3,(H,13,15). The van der Waals surface area contributed by atoms with Crippen LogP contribution in [-0.2, 0) is 4.79 Å². The summed E-state index contributed by atoms with van der Waals surface area (Å²) in [6, 6.07) is 7.41. The number of ether oxygens (including phenoxy) is 1. The number of nitrogens with zero attached hydrogens (tertiary/aromatic N) is 1. The molecule has 16 heavy (non-hydrogen) atoms. The maximum atomic E-state index is 10.5. The lowest BCUT2D eigenvalue weighted by Gasteiger charge is -2.09. The second-order valence-corrected chi connectivity index (χ2v) is 3.43. The Balaban J connectivity index is 2.74. The first kappa shape index (κ1) is 10.4. The molecule has 0 bridgehead atoms. The molecule has 1 amide bonds. The van der Waals surface area contributed by atoms with E-state index < -0.39 is 0 Å². The second-order valence-electron chi connectivity index (χ2n) is 3.43. The van der Waals surface area contributed by atoms with Crippen molar-refractivity contribution >= 4 is 23.0 Å². The largest absolute Gasteiger partial charge is 0.494 e. The fraction of sp³-hybridized carbons (Fsp3) is 0.167. The first-order chi connectivity index (χ1) is 7.76. The Hall–Kier alpha value is -2.10. The third kappa shape index (κ3) is 1.69. The quantitative estimate of drug-likeness (QED) is 0.799. The van der Waals surface area contributed by atoms with Crippen LogP contribution in [0.5, 0.6) is 5.75 Å². The van der Waals surface area contributed by atoms with Crippen LogP contribution in [0.3, 0.4) is 0 Å². The van der Waals surface area contributed by atoms with Gasteiger partial charge in [0.1, 0.15) is 11.3 Å². The monoisotopic (exact) mass is 216 g/mol. The number of carbonyl (C=O) groups excluding carboxylic acids is 1. The molecule has 0 spiro atoms. The fourth-order valence-corrected chi connectivity index (χ4v) is 1.64. The van der Waals surface area contributed by atoms with E-state index in [0.717, 1.165) is 22.3 Å². The number of hydrogen-bond donors (Lipinski definition) is 1. The lowest BCUT2D eigenvalue weighted by molar-refractivity contribution is -0.105. The summed E-state index contributed by atoms with van der Waals surface area (Å²) in [6.45, 7) is 1.92. The Labute approximate surface area is 93.3 Å². The van der Waals surface area contributed by atoms with Gasteiger partial charge in [-0.1, -0.05) is 0 Å². The zero-order chi connectivity index (χ0) is 11.5. The highest BCUT2D eigenvalue weighted by molar-refractivity contribution is 5.98. The van der Waals surface area contributed by atoms with Crippen molar-refractivity contribution in [3.05, 3.63) is 30.0 Å². The number of hydrogen-bond acceptors (Lipinski definition) is 3. The maximum absolute atomic E-state index is 10.5. The van der Waals surface area contributed by atoms with Gasteiger partial charge in [-0.15, -0.1) is 0 Å². The molecule has 0 aliphatic carbocycles. The molecule has 0 atom stereocenters. The smallest absolute Gasteiger partial charge is 0.211 e. The van der Waals surface area contributed by atoms with Crippen LogP contribution in [0.15, 0.2) is 24.3 Å². The zero-order valence-corrected chi connectivity index (χ0v) is 9.15. The third-order valence-electron chi connectivity index (χ3n) is 2.39. The molecule has 0 radical (unpaired) electrons. The highest BCUT2D eigenvalue weighted by atomic mass is 16.5. The number of pyridine rings is 1. The van der Waals surface area contributed by atoms with Crippen molar-refractivity contribution in [1.82, 2.24) is 4.98 Å². The molecule has 4 heteroatoms. The van der Waals surface area contributed by atoms with E-state index in [1.807, 2.05) is 19.1 Å². The normalized spacial score (nSPS) is 10.1. The molecule has 1 aromatic heterocycles. The van der Waals surface area contributed by atoms with Crippen molar-refractivity contribution in [3.8, 4) is 5.75 Å².